The van der Waals surface area contributed by atoms with Crippen molar-refractivity contribution in [2.24, 2.45) is 11.1 Å². The van der Waals surface area contributed by atoms with E-state index in [0.717, 1.165) is 31.7 Å². The molecule has 0 aromatic carbocycles. The molecule has 0 unspecified atom stereocenters. The van der Waals surface area contributed by atoms with E-state index in [9.17, 15) is 0 Å². The number of hydrogen-bond donors (Lipinski definition) is 2. The van der Waals surface area contributed by atoms with Crippen molar-refractivity contribution in [1.82, 2.24) is 10.3 Å². The van der Waals surface area contributed by atoms with Gasteiger partial charge in [0.2, 0.25) is 0 Å². The van der Waals surface area contributed by atoms with Crippen LogP contribution in [0.3, 0.4) is 0 Å². The summed E-state index contributed by atoms with van der Waals surface area (Å²) in [6, 6.07) is 0. The van der Waals surface area contributed by atoms with Gasteiger partial charge in [-0.2, -0.15) is 0 Å². The van der Waals surface area contributed by atoms with Crippen LogP contribution in [0.4, 0.5) is 0 Å². The first kappa shape index (κ1) is 14.0. The Morgan fingerprint density at radius 2 is 2.17 bits per heavy atom. The zero-order valence-electron chi connectivity index (χ0n) is 11.4. The largest absolute Gasteiger partial charge is 0.330 e. The predicted octanol–water partition coefficient (Wildman–Crippen LogP) is 2.49. The number of nitrogens with two attached hydrogens (primary N) is 1. The van der Waals surface area contributed by atoms with Gasteiger partial charge in [-0.05, 0) is 31.7 Å². The Balaban J connectivity index is 1.70. The summed E-state index contributed by atoms with van der Waals surface area (Å²) in [5.74, 6) is 0. The summed E-state index contributed by atoms with van der Waals surface area (Å²) >= 11 is 1.76. The van der Waals surface area contributed by atoms with Gasteiger partial charge in [0.1, 0.15) is 0 Å². The van der Waals surface area contributed by atoms with Crippen LogP contribution in [-0.4, -0.2) is 24.6 Å². The first-order chi connectivity index (χ1) is 8.74. The van der Waals surface area contributed by atoms with E-state index < -0.39 is 0 Å². The average Bonchev–Trinajstić information content (AvgIpc) is 2.82. The predicted molar refractivity (Wildman–Crippen MR) is 78.0 cm³/mol. The van der Waals surface area contributed by atoms with Crippen LogP contribution in [0.1, 0.15) is 42.8 Å². The minimum atomic E-state index is 0.372. The third kappa shape index (κ3) is 3.77. The second kappa shape index (κ2) is 6.64. The van der Waals surface area contributed by atoms with Crippen molar-refractivity contribution in [1.29, 1.82) is 0 Å². The molecule has 1 aliphatic carbocycles. The second-order valence-electron chi connectivity index (χ2n) is 5.57. The molecule has 3 N–H and O–H groups in total. The van der Waals surface area contributed by atoms with Gasteiger partial charge in [0, 0.05) is 30.6 Å². The Hall–Kier alpha value is -0.450. The molecule has 1 aromatic heterocycles. The van der Waals surface area contributed by atoms with Gasteiger partial charge in [-0.3, -0.25) is 0 Å². The molecule has 3 nitrogen and oxygen atoms in total. The van der Waals surface area contributed by atoms with Crippen molar-refractivity contribution in [3.8, 4) is 0 Å². The molecule has 0 spiro atoms. The van der Waals surface area contributed by atoms with Gasteiger partial charge >= 0.3 is 0 Å². The zero-order valence-corrected chi connectivity index (χ0v) is 12.2. The van der Waals surface area contributed by atoms with E-state index in [1.165, 1.54) is 37.1 Å². The monoisotopic (exact) mass is 267 g/mol. The average molecular weight is 267 g/mol. The summed E-state index contributed by atoms with van der Waals surface area (Å²) in [6.07, 6.45) is 7.73. The van der Waals surface area contributed by atoms with E-state index in [1.54, 1.807) is 11.3 Å². The molecule has 2 rings (SSSR count). The van der Waals surface area contributed by atoms with Crippen LogP contribution < -0.4 is 11.1 Å². The van der Waals surface area contributed by atoms with Crippen molar-refractivity contribution in [2.75, 3.05) is 19.6 Å². The SMILES string of the molecule is Cc1csc(CCNCC2(CN)CCCCC2)n1. The number of aryl methyl sites for hydroxylation is 1. The number of thiazole rings is 1. The van der Waals surface area contributed by atoms with Crippen molar-refractivity contribution in [3.05, 3.63) is 16.1 Å². The number of nitrogens with one attached hydrogen (secondary N) is 1. The van der Waals surface area contributed by atoms with Gasteiger partial charge in [0.25, 0.3) is 0 Å². The molecule has 4 heteroatoms. The molecule has 0 atom stereocenters. The zero-order chi connectivity index (χ0) is 12.8. The maximum Gasteiger partial charge on any atom is 0.0940 e. The lowest BCUT2D eigenvalue weighted by molar-refractivity contribution is 0.192. The first-order valence-corrected chi connectivity index (χ1v) is 7.94. The molecule has 1 heterocycles. The third-order valence-corrected chi connectivity index (χ3v) is 5.06. The summed E-state index contributed by atoms with van der Waals surface area (Å²) in [4.78, 5) is 4.49. The molecule has 0 saturated heterocycles. The quantitative estimate of drug-likeness (QED) is 0.779. The maximum absolute atomic E-state index is 5.98. The van der Waals surface area contributed by atoms with E-state index in [0.29, 0.717) is 5.41 Å². The van der Waals surface area contributed by atoms with E-state index in [1.807, 2.05) is 0 Å². The van der Waals surface area contributed by atoms with E-state index >= 15 is 0 Å². The van der Waals surface area contributed by atoms with Crippen LogP contribution >= 0.6 is 11.3 Å². The molecule has 0 bridgehead atoms. The Morgan fingerprint density at radius 3 is 2.78 bits per heavy atom. The summed E-state index contributed by atoms with van der Waals surface area (Å²) in [7, 11) is 0. The summed E-state index contributed by atoms with van der Waals surface area (Å²) in [6.45, 7) is 4.98. The lowest BCUT2D eigenvalue weighted by Gasteiger charge is -2.36. The van der Waals surface area contributed by atoms with Crippen LogP contribution in [0, 0.1) is 12.3 Å². The minimum absolute atomic E-state index is 0.372. The standard InChI is InChI=1S/C14H25N3S/c1-12-9-18-13(17-12)5-8-16-11-14(10-15)6-3-2-4-7-14/h9,16H,2-8,10-11,15H2,1H3. The normalized spacial score (nSPS) is 19.0. The smallest absolute Gasteiger partial charge is 0.0940 e. The number of aromatic nitrogens is 1. The highest BCUT2D eigenvalue weighted by molar-refractivity contribution is 7.09. The number of nitrogens with zero attached hydrogens (tertiary/aromatic N) is 1. The summed E-state index contributed by atoms with van der Waals surface area (Å²) in [5, 5.41) is 6.96. The van der Waals surface area contributed by atoms with E-state index in [4.69, 9.17) is 5.73 Å². The van der Waals surface area contributed by atoms with E-state index in [2.05, 4.69) is 22.6 Å². The van der Waals surface area contributed by atoms with Crippen LogP contribution in [0.5, 0.6) is 0 Å². The molecule has 1 aromatic rings. The number of rotatable bonds is 6. The first-order valence-electron chi connectivity index (χ1n) is 7.06. The van der Waals surface area contributed by atoms with Crippen LogP contribution in [0.15, 0.2) is 5.38 Å². The second-order valence-corrected chi connectivity index (χ2v) is 6.52. The fourth-order valence-corrected chi connectivity index (χ4v) is 3.60. The van der Waals surface area contributed by atoms with Gasteiger partial charge in [0.15, 0.2) is 0 Å². The number of hydrogen-bond acceptors (Lipinski definition) is 4. The Morgan fingerprint density at radius 1 is 1.39 bits per heavy atom. The van der Waals surface area contributed by atoms with E-state index in [-0.39, 0.29) is 0 Å². The van der Waals surface area contributed by atoms with Gasteiger partial charge in [-0.1, -0.05) is 19.3 Å². The molecule has 0 amide bonds. The summed E-state index contributed by atoms with van der Waals surface area (Å²) in [5.41, 5.74) is 7.50. The fraction of sp³-hybridized carbons (Fsp3) is 0.786. The molecule has 1 aliphatic rings. The highest BCUT2D eigenvalue weighted by Gasteiger charge is 2.29. The highest BCUT2D eigenvalue weighted by Crippen LogP contribution is 2.34. The molecule has 0 radical (unpaired) electrons. The van der Waals surface area contributed by atoms with Gasteiger partial charge < -0.3 is 11.1 Å². The lowest BCUT2D eigenvalue weighted by Crippen LogP contribution is -2.42. The fourth-order valence-electron chi connectivity index (χ4n) is 2.82. The van der Waals surface area contributed by atoms with Crippen LogP contribution in [0.2, 0.25) is 0 Å². The summed E-state index contributed by atoms with van der Waals surface area (Å²) < 4.78 is 0. The topological polar surface area (TPSA) is 50.9 Å². The van der Waals surface area contributed by atoms with Crippen molar-refractivity contribution >= 4 is 11.3 Å². The molecular formula is C14H25N3S. The highest BCUT2D eigenvalue weighted by atomic mass is 32.1. The Labute approximate surface area is 114 Å². The molecule has 1 fully saturated rings. The van der Waals surface area contributed by atoms with Crippen molar-refractivity contribution < 1.29 is 0 Å². The minimum Gasteiger partial charge on any atom is -0.330 e. The Kier molecular flexibility index (Phi) is 5.15. The third-order valence-electron chi connectivity index (χ3n) is 4.03. The van der Waals surface area contributed by atoms with Crippen molar-refractivity contribution in [2.45, 2.75) is 45.4 Å². The van der Waals surface area contributed by atoms with Crippen LogP contribution in [-0.2, 0) is 6.42 Å². The van der Waals surface area contributed by atoms with Crippen LogP contribution in [0.25, 0.3) is 0 Å². The van der Waals surface area contributed by atoms with Gasteiger partial charge in [0.05, 0.1) is 5.01 Å². The maximum atomic E-state index is 5.98. The molecule has 18 heavy (non-hydrogen) atoms. The molecule has 0 aliphatic heterocycles. The van der Waals surface area contributed by atoms with Gasteiger partial charge in [-0.25, -0.2) is 4.98 Å². The Bertz CT molecular complexity index is 356. The lowest BCUT2D eigenvalue weighted by atomic mass is 9.74. The molecule has 1 saturated carbocycles. The molecular weight excluding hydrogens is 242 g/mol. The molecule has 102 valence electrons. The van der Waals surface area contributed by atoms with Gasteiger partial charge in [-0.15, -0.1) is 11.3 Å². The van der Waals surface area contributed by atoms with Crippen molar-refractivity contribution in [3.63, 3.8) is 0 Å².